The Labute approximate surface area is 270 Å². The number of benzene rings is 3. The number of carboxylic acid groups (broad SMARTS) is 3. The van der Waals surface area contributed by atoms with Crippen LogP contribution in [-0.4, -0.2) is 85.1 Å². The number of carboxylic acids is 3. The summed E-state index contributed by atoms with van der Waals surface area (Å²) in [4.78, 5) is 33.0. The van der Waals surface area contributed by atoms with E-state index in [-0.39, 0.29) is 16.7 Å². The maximum Gasteiger partial charge on any atom is 0.339 e. The second-order valence-corrected chi connectivity index (χ2v) is 12.5. The first-order valence-electron chi connectivity index (χ1n) is 14.3. The molecule has 0 fully saturated rings. The summed E-state index contributed by atoms with van der Waals surface area (Å²) in [6.07, 6.45) is -0.698. The van der Waals surface area contributed by atoms with E-state index < -0.39 is 46.5 Å². The Morgan fingerprint density at radius 2 is 1.45 bits per heavy atom. The number of nitrogens with zero attached hydrogens (tertiary/aromatic N) is 1. The van der Waals surface area contributed by atoms with E-state index in [0.29, 0.717) is 18.0 Å². The van der Waals surface area contributed by atoms with Crippen LogP contribution in [0.15, 0.2) is 59.5 Å². The SMILES string of the molecule is COc1cc2c(cc1OC)C1Cc3ccc(OC)c(OS(=O)(=O)c4ccccc4)c3CN1CC2.O=C(O)CC(O)(CC(=O)O)C(=O)O. The van der Waals surface area contributed by atoms with Gasteiger partial charge in [0.05, 0.1) is 34.2 Å². The zero-order chi connectivity index (χ0) is 34.5. The molecule has 2 heterocycles. The van der Waals surface area contributed by atoms with Crippen LogP contribution in [0, 0.1) is 0 Å². The fraction of sp³-hybridized carbons (Fsp3) is 0.344. The Bertz CT molecular complexity index is 1740. The molecule has 1 unspecified atom stereocenters. The van der Waals surface area contributed by atoms with Crippen molar-refractivity contribution in [1.82, 2.24) is 4.90 Å². The van der Waals surface area contributed by atoms with E-state index in [2.05, 4.69) is 17.0 Å². The highest BCUT2D eigenvalue weighted by atomic mass is 32.2. The molecule has 252 valence electrons. The first kappa shape index (κ1) is 35.0. The predicted molar refractivity (Wildman–Crippen MR) is 164 cm³/mol. The molecule has 3 aromatic carbocycles. The van der Waals surface area contributed by atoms with Gasteiger partial charge in [0, 0.05) is 24.7 Å². The molecule has 14 nitrogen and oxygen atoms in total. The van der Waals surface area contributed by atoms with Crippen LogP contribution in [0.4, 0.5) is 0 Å². The lowest BCUT2D eigenvalue weighted by molar-refractivity contribution is -0.170. The average molecular weight is 674 g/mol. The van der Waals surface area contributed by atoms with Gasteiger partial charge in [-0.2, -0.15) is 8.42 Å². The van der Waals surface area contributed by atoms with Crippen molar-refractivity contribution >= 4 is 28.0 Å². The summed E-state index contributed by atoms with van der Waals surface area (Å²) in [5.74, 6) is -2.91. The van der Waals surface area contributed by atoms with Gasteiger partial charge >= 0.3 is 28.0 Å². The van der Waals surface area contributed by atoms with Crippen molar-refractivity contribution in [1.29, 1.82) is 0 Å². The van der Waals surface area contributed by atoms with Gasteiger partial charge in [0.2, 0.25) is 0 Å². The Morgan fingerprint density at radius 1 is 0.851 bits per heavy atom. The van der Waals surface area contributed by atoms with Crippen LogP contribution >= 0.6 is 0 Å². The summed E-state index contributed by atoms with van der Waals surface area (Å²) in [6.45, 7) is 1.40. The zero-order valence-electron chi connectivity index (χ0n) is 25.8. The van der Waals surface area contributed by atoms with E-state index in [1.807, 2.05) is 6.07 Å². The summed E-state index contributed by atoms with van der Waals surface area (Å²) in [6, 6.07) is 16.2. The highest BCUT2D eigenvalue weighted by Gasteiger charge is 2.41. The molecular formula is C32H35NO13S. The van der Waals surface area contributed by atoms with E-state index in [0.717, 1.165) is 36.3 Å². The van der Waals surface area contributed by atoms with E-state index in [1.165, 1.54) is 30.4 Å². The number of hydrogen-bond acceptors (Lipinski definition) is 11. The van der Waals surface area contributed by atoms with Crippen LogP contribution in [0.1, 0.15) is 41.1 Å². The third-order valence-electron chi connectivity index (χ3n) is 7.94. The van der Waals surface area contributed by atoms with Crippen LogP contribution in [-0.2, 0) is 43.9 Å². The third kappa shape index (κ3) is 7.76. The molecule has 2 aliphatic rings. The van der Waals surface area contributed by atoms with E-state index in [4.69, 9.17) is 38.8 Å². The van der Waals surface area contributed by atoms with E-state index >= 15 is 0 Å². The predicted octanol–water partition coefficient (Wildman–Crippen LogP) is 2.89. The lowest BCUT2D eigenvalue weighted by Crippen LogP contribution is -2.42. The number of aliphatic carboxylic acids is 3. The molecule has 0 saturated heterocycles. The van der Waals surface area contributed by atoms with Crippen LogP contribution in [0.3, 0.4) is 0 Å². The van der Waals surface area contributed by atoms with Crippen LogP contribution in [0.5, 0.6) is 23.0 Å². The van der Waals surface area contributed by atoms with Crippen molar-refractivity contribution in [2.75, 3.05) is 27.9 Å². The summed E-state index contributed by atoms with van der Waals surface area (Å²) >= 11 is 0. The van der Waals surface area contributed by atoms with Gasteiger partial charge < -0.3 is 38.8 Å². The van der Waals surface area contributed by atoms with Gasteiger partial charge in [0.15, 0.2) is 28.6 Å². The van der Waals surface area contributed by atoms with Gasteiger partial charge in [-0.15, -0.1) is 0 Å². The first-order valence-corrected chi connectivity index (χ1v) is 15.7. The maximum atomic E-state index is 13.0. The fourth-order valence-corrected chi connectivity index (χ4v) is 6.63. The van der Waals surface area contributed by atoms with Gasteiger partial charge in [-0.05, 0) is 59.9 Å². The molecule has 0 spiro atoms. The normalized spacial score (nSPS) is 15.4. The first-order chi connectivity index (χ1) is 22.2. The largest absolute Gasteiger partial charge is 0.493 e. The topological polar surface area (TPSA) is 206 Å². The maximum absolute atomic E-state index is 13.0. The molecule has 1 atom stereocenters. The number of hydrogen-bond donors (Lipinski definition) is 4. The Kier molecular flexibility index (Phi) is 10.6. The molecule has 0 bridgehead atoms. The minimum absolute atomic E-state index is 0.108. The van der Waals surface area contributed by atoms with Gasteiger partial charge in [-0.1, -0.05) is 24.3 Å². The molecule has 5 rings (SSSR count). The van der Waals surface area contributed by atoms with Crippen molar-refractivity contribution < 1.29 is 61.6 Å². The van der Waals surface area contributed by atoms with Crippen molar-refractivity contribution in [2.24, 2.45) is 0 Å². The number of aliphatic hydroxyl groups is 1. The smallest absolute Gasteiger partial charge is 0.339 e. The highest BCUT2D eigenvalue weighted by molar-refractivity contribution is 7.87. The molecule has 47 heavy (non-hydrogen) atoms. The molecule has 0 aliphatic carbocycles. The minimum atomic E-state index is -4.00. The minimum Gasteiger partial charge on any atom is -0.493 e. The second kappa shape index (κ2) is 14.3. The lowest BCUT2D eigenvalue weighted by atomic mass is 9.83. The number of fused-ring (bicyclic) bond motifs is 4. The molecule has 0 aromatic heterocycles. The van der Waals surface area contributed by atoms with Crippen molar-refractivity contribution in [3.8, 4) is 23.0 Å². The number of methoxy groups -OCH3 is 3. The van der Waals surface area contributed by atoms with Crippen LogP contribution in [0.2, 0.25) is 0 Å². The Hall–Kier alpha value is -4.86. The van der Waals surface area contributed by atoms with Gasteiger partial charge in [-0.3, -0.25) is 14.5 Å². The number of carbonyl (C=O) groups is 3. The molecule has 0 saturated carbocycles. The van der Waals surface area contributed by atoms with Crippen molar-refractivity contribution in [3.05, 3.63) is 76.9 Å². The zero-order valence-corrected chi connectivity index (χ0v) is 26.7. The number of ether oxygens (including phenoxy) is 3. The third-order valence-corrected chi connectivity index (χ3v) is 9.18. The monoisotopic (exact) mass is 673 g/mol. The molecule has 0 amide bonds. The average Bonchev–Trinajstić information content (AvgIpc) is 3.03. The standard InChI is InChI=1S/C26H27NO6S.C6H8O7/c1-30-23-10-9-17-13-22-20-15-25(32-3)24(31-2)14-18(20)11-12-27(22)16-21(17)26(23)33-34(28,29)19-7-5-4-6-8-19;7-3(8)1-6(13,5(11)12)2-4(9)10/h4-10,14-15,22H,11-13,16H2,1-3H3;13H,1-2H2,(H,7,8)(H,9,10)(H,11,12). The van der Waals surface area contributed by atoms with Crippen LogP contribution < -0.4 is 18.4 Å². The quantitative estimate of drug-likeness (QED) is 0.216. The van der Waals surface area contributed by atoms with Crippen molar-refractivity contribution in [3.63, 3.8) is 0 Å². The molecule has 0 radical (unpaired) electrons. The van der Waals surface area contributed by atoms with Crippen LogP contribution in [0.25, 0.3) is 0 Å². The highest BCUT2D eigenvalue weighted by Crippen LogP contribution is 2.46. The molecular weight excluding hydrogens is 638 g/mol. The molecule has 3 aromatic rings. The second-order valence-electron chi connectivity index (χ2n) is 10.9. The Balaban J connectivity index is 0.000000328. The van der Waals surface area contributed by atoms with Gasteiger partial charge in [0.25, 0.3) is 0 Å². The van der Waals surface area contributed by atoms with Crippen molar-refractivity contribution in [2.45, 2.75) is 48.8 Å². The Morgan fingerprint density at radius 3 is 2.00 bits per heavy atom. The number of rotatable bonds is 11. The van der Waals surface area contributed by atoms with E-state index in [9.17, 15) is 22.8 Å². The molecule has 2 aliphatic heterocycles. The lowest BCUT2D eigenvalue weighted by Gasteiger charge is -2.42. The summed E-state index contributed by atoms with van der Waals surface area (Å²) in [5, 5.41) is 33.8. The molecule has 15 heteroatoms. The van der Waals surface area contributed by atoms with Gasteiger partial charge in [-0.25, -0.2) is 4.79 Å². The fourth-order valence-electron chi connectivity index (χ4n) is 5.64. The summed E-state index contributed by atoms with van der Waals surface area (Å²) in [5.41, 5.74) is 1.61. The van der Waals surface area contributed by atoms with E-state index in [1.54, 1.807) is 38.5 Å². The summed E-state index contributed by atoms with van der Waals surface area (Å²) in [7, 11) is 0.807. The van der Waals surface area contributed by atoms with Gasteiger partial charge in [0.1, 0.15) is 4.90 Å². The summed E-state index contributed by atoms with van der Waals surface area (Å²) < 4.78 is 48.3. The molecule has 4 N–H and O–H groups in total.